The molecule has 3 fully saturated rings. The molecule has 2 N–H and O–H groups in total. The van der Waals surface area contributed by atoms with E-state index < -0.39 is 17.4 Å². The van der Waals surface area contributed by atoms with Crippen molar-refractivity contribution in [1.82, 2.24) is 15.2 Å². The maximum Gasteiger partial charge on any atom is 0.418 e. The lowest BCUT2D eigenvalue weighted by Crippen LogP contribution is -2.53. The standard InChI is InChI=1S/C28H35F3N6O3/c29-28(30,31)24-17-21(7-10-25(24)35-39)33-20-5-8-23(9-6-20)40-26-18-22(11-12-32-26)36-13-15-37(16-14-36)27(38)34-19-3-1-2-4-19/h7,10-12,17-20,23,33H,1-6,8-9,13-16H2,(H,34,38)/t20-,23-. The number of pyridine rings is 1. The topological polar surface area (TPSA) is 99.2 Å². The van der Waals surface area contributed by atoms with Crippen molar-refractivity contribution in [3.63, 3.8) is 0 Å². The van der Waals surface area contributed by atoms with Gasteiger partial charge in [0.1, 0.15) is 11.8 Å². The Labute approximate surface area is 231 Å². The highest BCUT2D eigenvalue weighted by atomic mass is 19.4. The smallest absolute Gasteiger partial charge is 0.418 e. The molecule has 216 valence electrons. The minimum atomic E-state index is -4.65. The molecule has 12 heteroatoms. The predicted octanol–water partition coefficient (Wildman–Crippen LogP) is 6.07. The van der Waals surface area contributed by atoms with E-state index in [1.165, 1.54) is 18.9 Å². The third-order valence-electron chi connectivity index (χ3n) is 8.07. The number of aromatic nitrogens is 1. The van der Waals surface area contributed by atoms with Crippen LogP contribution in [-0.4, -0.2) is 60.3 Å². The monoisotopic (exact) mass is 560 g/mol. The first kappa shape index (κ1) is 28.0. The summed E-state index contributed by atoms with van der Waals surface area (Å²) in [4.78, 5) is 31.8. The number of hydrogen-bond acceptors (Lipinski definition) is 7. The second kappa shape index (κ2) is 12.3. The highest BCUT2D eigenvalue weighted by Gasteiger charge is 2.35. The van der Waals surface area contributed by atoms with Gasteiger partial charge in [-0.1, -0.05) is 12.8 Å². The zero-order valence-corrected chi connectivity index (χ0v) is 22.3. The molecule has 1 aromatic carbocycles. The van der Waals surface area contributed by atoms with Gasteiger partial charge in [-0.15, -0.1) is 4.91 Å². The number of urea groups is 1. The van der Waals surface area contributed by atoms with Gasteiger partial charge in [0.15, 0.2) is 0 Å². The van der Waals surface area contributed by atoms with E-state index in [1.54, 1.807) is 6.20 Å². The van der Waals surface area contributed by atoms with Crippen LogP contribution >= 0.6 is 0 Å². The van der Waals surface area contributed by atoms with E-state index in [1.807, 2.05) is 17.0 Å². The van der Waals surface area contributed by atoms with Gasteiger partial charge in [0.05, 0.1) is 5.56 Å². The van der Waals surface area contributed by atoms with E-state index >= 15 is 0 Å². The first-order valence-electron chi connectivity index (χ1n) is 14.0. The fourth-order valence-electron chi connectivity index (χ4n) is 5.83. The molecule has 1 aromatic heterocycles. The Balaban J connectivity index is 1.09. The first-order chi connectivity index (χ1) is 19.3. The van der Waals surface area contributed by atoms with Gasteiger partial charge in [-0.25, -0.2) is 9.78 Å². The Kier molecular flexibility index (Phi) is 8.60. The average molecular weight is 561 g/mol. The third kappa shape index (κ3) is 6.95. The molecule has 2 aromatic rings. The van der Waals surface area contributed by atoms with E-state index in [0.29, 0.717) is 30.7 Å². The normalized spacial score (nSPS) is 22.2. The van der Waals surface area contributed by atoms with Gasteiger partial charge in [-0.05, 0) is 68.0 Å². The molecule has 1 saturated heterocycles. The molecule has 9 nitrogen and oxygen atoms in total. The zero-order valence-electron chi connectivity index (χ0n) is 22.3. The number of anilines is 2. The number of ether oxygens (including phenoxy) is 1. The minimum absolute atomic E-state index is 0.00238. The number of alkyl halides is 3. The van der Waals surface area contributed by atoms with Gasteiger partial charge in [0.25, 0.3) is 0 Å². The van der Waals surface area contributed by atoms with Crippen molar-refractivity contribution >= 4 is 23.1 Å². The summed E-state index contributed by atoms with van der Waals surface area (Å²) in [5.41, 5.74) is -0.333. The van der Waals surface area contributed by atoms with Crippen molar-refractivity contribution in [3.05, 3.63) is 47.0 Å². The van der Waals surface area contributed by atoms with E-state index in [-0.39, 0.29) is 18.2 Å². The van der Waals surface area contributed by atoms with E-state index in [4.69, 9.17) is 4.74 Å². The SMILES string of the molecule is O=Nc1ccc(N[C@H]2CC[C@H](Oc3cc(N4CCN(C(=O)NC5CCCC5)CC4)ccn3)CC2)cc1C(F)(F)F. The van der Waals surface area contributed by atoms with E-state index in [9.17, 15) is 22.9 Å². The zero-order chi connectivity index (χ0) is 28.1. The van der Waals surface area contributed by atoms with Crippen molar-refractivity contribution in [2.75, 3.05) is 36.4 Å². The molecule has 0 radical (unpaired) electrons. The molecule has 0 spiro atoms. The molecule has 0 bridgehead atoms. The fraction of sp³-hybridized carbons (Fsp3) is 0.571. The van der Waals surface area contributed by atoms with E-state index in [0.717, 1.165) is 69.4 Å². The summed E-state index contributed by atoms with van der Waals surface area (Å²) in [6, 6.07) is 7.70. The largest absolute Gasteiger partial charge is 0.474 e. The molecule has 40 heavy (non-hydrogen) atoms. The highest BCUT2D eigenvalue weighted by Crippen LogP contribution is 2.38. The summed E-state index contributed by atoms with van der Waals surface area (Å²) in [5, 5.41) is 8.82. The van der Waals surface area contributed by atoms with Crippen LogP contribution in [0.2, 0.25) is 0 Å². The number of nitrogens with one attached hydrogen (secondary N) is 2. The van der Waals surface area contributed by atoms with Gasteiger partial charge >= 0.3 is 12.2 Å². The van der Waals surface area contributed by atoms with Crippen LogP contribution in [0.4, 0.5) is 35.0 Å². The minimum Gasteiger partial charge on any atom is -0.474 e. The van der Waals surface area contributed by atoms with Crippen LogP contribution in [0.15, 0.2) is 41.7 Å². The number of nitrogens with zero attached hydrogens (tertiary/aromatic N) is 4. The number of benzene rings is 1. The molecule has 5 rings (SSSR count). The summed E-state index contributed by atoms with van der Waals surface area (Å²) in [7, 11) is 0. The molecule has 2 heterocycles. The van der Waals surface area contributed by atoms with Crippen LogP contribution in [0.25, 0.3) is 0 Å². The molecular formula is C28H35F3N6O3. The molecular weight excluding hydrogens is 525 g/mol. The van der Waals surface area contributed by atoms with Crippen LogP contribution in [0, 0.1) is 4.91 Å². The second-order valence-corrected chi connectivity index (χ2v) is 10.8. The number of halogens is 3. The van der Waals surface area contributed by atoms with Crippen molar-refractivity contribution in [2.45, 2.75) is 75.7 Å². The van der Waals surface area contributed by atoms with Gasteiger partial charge in [0, 0.05) is 61.9 Å². The summed E-state index contributed by atoms with van der Waals surface area (Å²) >= 11 is 0. The predicted molar refractivity (Wildman–Crippen MR) is 146 cm³/mol. The quantitative estimate of drug-likeness (QED) is 0.399. The number of carbonyl (C=O) groups excluding carboxylic acids is 1. The number of hydrogen-bond donors (Lipinski definition) is 2. The van der Waals surface area contributed by atoms with Gasteiger partial charge in [0.2, 0.25) is 5.88 Å². The van der Waals surface area contributed by atoms with Crippen molar-refractivity contribution in [2.24, 2.45) is 5.18 Å². The number of amides is 2. The number of nitroso groups, excluding NO2 is 1. The van der Waals surface area contributed by atoms with Crippen molar-refractivity contribution in [1.29, 1.82) is 0 Å². The highest BCUT2D eigenvalue weighted by molar-refractivity contribution is 5.75. The lowest BCUT2D eigenvalue weighted by molar-refractivity contribution is -0.137. The summed E-state index contributed by atoms with van der Waals surface area (Å²) in [6.45, 7) is 2.79. The third-order valence-corrected chi connectivity index (χ3v) is 8.07. The second-order valence-electron chi connectivity index (χ2n) is 10.8. The van der Waals surface area contributed by atoms with Crippen LogP contribution in [0.5, 0.6) is 5.88 Å². The van der Waals surface area contributed by atoms with Crippen molar-refractivity contribution in [3.8, 4) is 5.88 Å². The summed E-state index contributed by atoms with van der Waals surface area (Å²) < 4.78 is 45.9. The molecule has 1 aliphatic heterocycles. The van der Waals surface area contributed by atoms with Crippen LogP contribution < -0.4 is 20.3 Å². The summed E-state index contributed by atoms with van der Waals surface area (Å²) in [6.07, 6.45) is 4.48. The fourth-order valence-corrected chi connectivity index (χ4v) is 5.83. The van der Waals surface area contributed by atoms with Gasteiger partial charge in [-0.2, -0.15) is 13.2 Å². The van der Waals surface area contributed by atoms with Crippen molar-refractivity contribution < 1.29 is 22.7 Å². The molecule has 2 aliphatic carbocycles. The molecule has 2 saturated carbocycles. The molecule has 2 amide bonds. The van der Waals surface area contributed by atoms with E-state index in [2.05, 4.69) is 25.7 Å². The Morgan fingerprint density at radius 3 is 2.35 bits per heavy atom. The molecule has 3 aliphatic rings. The van der Waals surface area contributed by atoms with Gasteiger partial charge in [-0.3, -0.25) is 0 Å². The Bertz CT molecular complexity index is 1170. The lowest BCUT2D eigenvalue weighted by Gasteiger charge is -2.36. The maximum atomic E-state index is 13.2. The Hall–Kier alpha value is -3.57. The van der Waals surface area contributed by atoms with Crippen LogP contribution in [-0.2, 0) is 6.18 Å². The lowest BCUT2D eigenvalue weighted by atomic mass is 9.92. The number of piperazine rings is 1. The first-order valence-corrected chi connectivity index (χ1v) is 14.0. The average Bonchev–Trinajstić information content (AvgIpc) is 3.47. The molecule has 0 atom stereocenters. The number of carbonyl (C=O) groups is 1. The Morgan fingerprint density at radius 1 is 0.950 bits per heavy atom. The molecule has 0 unspecified atom stereocenters. The van der Waals surface area contributed by atoms with Gasteiger partial charge < -0.3 is 25.2 Å². The Morgan fingerprint density at radius 2 is 1.68 bits per heavy atom. The van der Waals surface area contributed by atoms with Crippen LogP contribution in [0.1, 0.15) is 56.9 Å². The summed E-state index contributed by atoms with van der Waals surface area (Å²) in [5.74, 6) is 0.544. The maximum absolute atomic E-state index is 13.2. The number of rotatable bonds is 7. The van der Waals surface area contributed by atoms with Crippen LogP contribution in [0.3, 0.4) is 0 Å².